The van der Waals surface area contributed by atoms with E-state index < -0.39 is 43.0 Å². The molecule has 0 spiro atoms. The normalized spacial score (nSPS) is 12.9. The smallest absolute Gasteiger partial charge is 0.405 e. The molecule has 0 saturated carbocycles. The van der Waals surface area contributed by atoms with Gasteiger partial charge in [0.15, 0.2) is 6.61 Å². The van der Waals surface area contributed by atoms with Gasteiger partial charge in [0, 0.05) is 12.6 Å². The highest BCUT2D eigenvalue weighted by molar-refractivity contribution is 6.34. The Morgan fingerprint density at radius 2 is 1.61 bits per heavy atom. The number of fused-ring (bicyclic) bond motifs is 1. The predicted octanol–water partition coefficient (Wildman–Crippen LogP) is 2.28. The van der Waals surface area contributed by atoms with Crippen LogP contribution in [0.5, 0.6) is 0 Å². The highest BCUT2D eigenvalue weighted by Gasteiger charge is 2.37. The minimum Gasteiger partial charge on any atom is -0.452 e. The molecule has 1 aliphatic heterocycles. The van der Waals surface area contributed by atoms with Crippen LogP contribution in [0.2, 0.25) is 0 Å². The number of imide groups is 1. The highest BCUT2D eigenvalue weighted by Crippen LogP contribution is 2.30. The van der Waals surface area contributed by atoms with Gasteiger partial charge in [-0.05, 0) is 42.5 Å². The standard InChI is InChI=1S/C21H16F3N3O6/c1-11(28)26-13-3-5-14(6-4-13)27-18(30)15-7-2-12(8-16(15)19(27)31)20(32)33-9-17(29)25-10-21(22,23)24/h2-8H,9-10H2,1H3,(H,25,29)(H,26,28). The van der Waals surface area contributed by atoms with Gasteiger partial charge in [0.25, 0.3) is 17.7 Å². The van der Waals surface area contributed by atoms with E-state index in [-0.39, 0.29) is 28.3 Å². The van der Waals surface area contributed by atoms with E-state index in [1.54, 1.807) is 5.32 Å². The second kappa shape index (κ2) is 9.10. The van der Waals surface area contributed by atoms with Crippen molar-refractivity contribution >= 4 is 41.0 Å². The van der Waals surface area contributed by atoms with Crippen LogP contribution in [0.25, 0.3) is 0 Å². The number of nitrogens with zero attached hydrogens (tertiary/aromatic N) is 1. The number of carbonyl (C=O) groups excluding carboxylic acids is 5. The Bertz CT molecular complexity index is 1140. The van der Waals surface area contributed by atoms with Gasteiger partial charge in [0.05, 0.1) is 22.4 Å². The molecule has 2 aromatic carbocycles. The Balaban J connectivity index is 1.70. The molecule has 172 valence electrons. The van der Waals surface area contributed by atoms with Crippen LogP contribution < -0.4 is 15.5 Å². The maximum Gasteiger partial charge on any atom is 0.405 e. The third kappa shape index (κ3) is 5.53. The number of halogens is 3. The van der Waals surface area contributed by atoms with Crippen molar-refractivity contribution in [1.29, 1.82) is 0 Å². The first-order chi connectivity index (χ1) is 15.5. The van der Waals surface area contributed by atoms with Crippen molar-refractivity contribution < 1.29 is 41.9 Å². The van der Waals surface area contributed by atoms with Crippen molar-refractivity contribution in [2.45, 2.75) is 13.1 Å². The van der Waals surface area contributed by atoms with E-state index in [2.05, 4.69) is 10.1 Å². The molecule has 9 nitrogen and oxygen atoms in total. The Hall–Kier alpha value is -4.22. The average molecular weight is 463 g/mol. The van der Waals surface area contributed by atoms with E-state index >= 15 is 0 Å². The van der Waals surface area contributed by atoms with E-state index in [1.165, 1.54) is 43.3 Å². The summed E-state index contributed by atoms with van der Waals surface area (Å²) in [6, 6.07) is 9.48. The Labute approximate surface area is 184 Å². The number of benzene rings is 2. The summed E-state index contributed by atoms with van der Waals surface area (Å²) >= 11 is 0. The number of hydrogen-bond acceptors (Lipinski definition) is 6. The van der Waals surface area contributed by atoms with Crippen molar-refractivity contribution in [2.24, 2.45) is 0 Å². The Morgan fingerprint density at radius 1 is 0.970 bits per heavy atom. The van der Waals surface area contributed by atoms with E-state index in [0.717, 1.165) is 11.0 Å². The van der Waals surface area contributed by atoms with Gasteiger partial charge in [-0.15, -0.1) is 0 Å². The zero-order chi connectivity index (χ0) is 24.3. The summed E-state index contributed by atoms with van der Waals surface area (Å²) in [5.41, 5.74) is 0.488. The second-order valence-electron chi connectivity index (χ2n) is 6.90. The van der Waals surface area contributed by atoms with Crippen LogP contribution in [0.3, 0.4) is 0 Å². The molecule has 3 rings (SSSR count). The second-order valence-corrected chi connectivity index (χ2v) is 6.90. The molecule has 0 saturated heterocycles. The third-order valence-electron chi connectivity index (χ3n) is 4.39. The molecule has 33 heavy (non-hydrogen) atoms. The first-order valence-corrected chi connectivity index (χ1v) is 9.37. The van der Waals surface area contributed by atoms with E-state index in [4.69, 9.17) is 0 Å². The van der Waals surface area contributed by atoms with Crippen molar-refractivity contribution in [1.82, 2.24) is 5.32 Å². The molecule has 4 amide bonds. The Kier molecular flexibility index (Phi) is 6.47. The molecule has 0 fully saturated rings. The third-order valence-corrected chi connectivity index (χ3v) is 4.39. The molecule has 0 bridgehead atoms. The van der Waals surface area contributed by atoms with Crippen LogP contribution in [-0.4, -0.2) is 48.9 Å². The molecule has 2 aromatic rings. The lowest BCUT2D eigenvalue weighted by molar-refractivity contribution is -0.140. The lowest BCUT2D eigenvalue weighted by Gasteiger charge is -2.14. The summed E-state index contributed by atoms with van der Waals surface area (Å²) in [7, 11) is 0. The average Bonchev–Trinajstić information content (AvgIpc) is 3.00. The maximum absolute atomic E-state index is 12.8. The number of anilines is 2. The van der Waals surface area contributed by atoms with E-state index in [1.807, 2.05) is 0 Å². The molecule has 12 heteroatoms. The van der Waals surface area contributed by atoms with Crippen LogP contribution in [0.1, 0.15) is 38.0 Å². The Morgan fingerprint density at radius 3 is 2.21 bits per heavy atom. The lowest BCUT2D eigenvalue weighted by Crippen LogP contribution is -2.36. The summed E-state index contributed by atoms with van der Waals surface area (Å²) in [5, 5.41) is 4.11. The van der Waals surface area contributed by atoms with Crippen molar-refractivity contribution in [3.05, 3.63) is 59.2 Å². The first-order valence-electron chi connectivity index (χ1n) is 9.37. The summed E-state index contributed by atoms with van der Waals surface area (Å²) in [6.07, 6.45) is -4.61. The fourth-order valence-electron chi connectivity index (χ4n) is 2.96. The number of amides is 4. The molecule has 0 aliphatic carbocycles. The minimum atomic E-state index is -4.61. The number of rotatable bonds is 6. The highest BCUT2D eigenvalue weighted by atomic mass is 19.4. The number of ether oxygens (including phenoxy) is 1. The predicted molar refractivity (Wildman–Crippen MR) is 108 cm³/mol. The van der Waals surface area contributed by atoms with E-state index in [9.17, 15) is 37.1 Å². The van der Waals surface area contributed by atoms with Crippen LogP contribution in [0, 0.1) is 0 Å². The zero-order valence-corrected chi connectivity index (χ0v) is 17.0. The van der Waals surface area contributed by atoms with E-state index in [0.29, 0.717) is 5.69 Å². The molecule has 2 N–H and O–H groups in total. The maximum atomic E-state index is 12.8. The van der Waals surface area contributed by atoms with Crippen LogP contribution >= 0.6 is 0 Å². The fourth-order valence-corrected chi connectivity index (χ4v) is 2.96. The molecular weight excluding hydrogens is 447 g/mol. The van der Waals surface area contributed by atoms with Gasteiger partial charge in [-0.25, -0.2) is 9.69 Å². The molecule has 1 aliphatic rings. The minimum absolute atomic E-state index is 0.0328. The van der Waals surface area contributed by atoms with Crippen molar-refractivity contribution in [3.8, 4) is 0 Å². The van der Waals surface area contributed by atoms with Crippen molar-refractivity contribution in [3.63, 3.8) is 0 Å². The fraction of sp³-hybridized carbons (Fsp3) is 0.190. The molecule has 1 heterocycles. The number of nitrogens with one attached hydrogen (secondary N) is 2. The van der Waals surface area contributed by atoms with Crippen molar-refractivity contribution in [2.75, 3.05) is 23.4 Å². The van der Waals surface area contributed by atoms with Crippen LogP contribution in [0.4, 0.5) is 24.5 Å². The lowest BCUT2D eigenvalue weighted by atomic mass is 10.1. The molecule has 0 atom stereocenters. The zero-order valence-electron chi connectivity index (χ0n) is 17.0. The number of alkyl halides is 3. The van der Waals surface area contributed by atoms with Gasteiger partial charge in [0.1, 0.15) is 6.54 Å². The van der Waals surface area contributed by atoms with Crippen LogP contribution in [0.15, 0.2) is 42.5 Å². The summed E-state index contributed by atoms with van der Waals surface area (Å²) in [6.45, 7) is -1.19. The molecule has 0 radical (unpaired) electrons. The van der Waals surface area contributed by atoms with Gasteiger partial charge >= 0.3 is 12.1 Å². The largest absolute Gasteiger partial charge is 0.452 e. The summed E-state index contributed by atoms with van der Waals surface area (Å²) in [4.78, 5) is 61.0. The first kappa shape index (κ1) is 23.4. The van der Waals surface area contributed by atoms with Gasteiger partial charge in [0.2, 0.25) is 5.91 Å². The topological polar surface area (TPSA) is 122 Å². The molecule has 0 aromatic heterocycles. The monoisotopic (exact) mass is 463 g/mol. The van der Waals surface area contributed by atoms with Crippen LogP contribution in [-0.2, 0) is 14.3 Å². The molecular formula is C21H16F3N3O6. The summed E-state index contributed by atoms with van der Waals surface area (Å²) in [5.74, 6) is -3.84. The SMILES string of the molecule is CC(=O)Nc1ccc(N2C(=O)c3ccc(C(=O)OCC(=O)NCC(F)(F)F)cc3C2=O)cc1. The number of esters is 1. The van der Waals surface area contributed by atoms with Gasteiger partial charge < -0.3 is 15.4 Å². The van der Waals surface area contributed by atoms with Gasteiger partial charge in [-0.1, -0.05) is 0 Å². The van der Waals surface area contributed by atoms with Gasteiger partial charge in [-0.2, -0.15) is 13.2 Å². The number of carbonyl (C=O) groups is 5. The summed E-state index contributed by atoms with van der Waals surface area (Å²) < 4.78 is 41.0. The molecule has 0 unspecified atom stereocenters. The van der Waals surface area contributed by atoms with Gasteiger partial charge in [-0.3, -0.25) is 19.2 Å². The number of hydrogen-bond donors (Lipinski definition) is 2. The quantitative estimate of drug-likeness (QED) is 0.501.